The van der Waals surface area contributed by atoms with Crippen LogP contribution in [0.25, 0.3) is 0 Å². The Morgan fingerprint density at radius 1 is 0.759 bits per heavy atom. The van der Waals surface area contributed by atoms with Crippen LogP contribution in [0.3, 0.4) is 0 Å². The summed E-state index contributed by atoms with van der Waals surface area (Å²) >= 11 is 24.4. The van der Waals surface area contributed by atoms with Gasteiger partial charge in [-0.25, -0.2) is 0 Å². The Labute approximate surface area is 186 Å². The van der Waals surface area contributed by atoms with Crippen LogP contribution in [-0.4, -0.2) is 23.2 Å². The predicted molar refractivity (Wildman–Crippen MR) is 114 cm³/mol. The Kier molecular flexibility index (Phi) is 5.98. The molecule has 0 spiro atoms. The molecule has 152 valence electrons. The van der Waals surface area contributed by atoms with Gasteiger partial charge < -0.3 is 10.2 Å². The van der Waals surface area contributed by atoms with Gasteiger partial charge in [-0.3, -0.25) is 4.55 Å². The van der Waals surface area contributed by atoms with Gasteiger partial charge in [0.15, 0.2) is 4.75 Å². The summed E-state index contributed by atoms with van der Waals surface area (Å²) in [6, 6.07) is 11.3. The summed E-state index contributed by atoms with van der Waals surface area (Å²) in [6.07, 6.45) is 0. The first-order valence-corrected chi connectivity index (χ1v) is 10.8. The molecule has 3 N–H and O–H groups in total. The summed E-state index contributed by atoms with van der Waals surface area (Å²) in [5, 5.41) is 20.5. The van der Waals surface area contributed by atoms with Gasteiger partial charge in [0.1, 0.15) is 11.5 Å². The highest BCUT2D eigenvalue weighted by Crippen LogP contribution is 2.51. The third-order valence-corrected chi connectivity index (χ3v) is 7.41. The van der Waals surface area contributed by atoms with Crippen LogP contribution in [0.1, 0.15) is 16.7 Å². The second-order valence-corrected chi connectivity index (χ2v) is 9.25. The van der Waals surface area contributed by atoms with Crippen LogP contribution in [-0.2, 0) is 14.9 Å². The van der Waals surface area contributed by atoms with Gasteiger partial charge in [0.2, 0.25) is 0 Å². The zero-order valence-electron chi connectivity index (χ0n) is 14.3. The van der Waals surface area contributed by atoms with E-state index in [1.165, 1.54) is 36.4 Å². The van der Waals surface area contributed by atoms with Crippen LogP contribution in [0.4, 0.5) is 0 Å². The van der Waals surface area contributed by atoms with Crippen molar-refractivity contribution in [3.63, 3.8) is 0 Å². The summed E-state index contributed by atoms with van der Waals surface area (Å²) in [4.78, 5) is 0. The summed E-state index contributed by atoms with van der Waals surface area (Å²) in [5.74, 6) is -0.867. The topological polar surface area (TPSA) is 94.8 Å². The lowest BCUT2D eigenvalue weighted by molar-refractivity contribution is 0.434. The molecule has 0 amide bonds. The number of hydrogen-bond acceptors (Lipinski definition) is 4. The molecule has 3 aromatic rings. The molecule has 3 aromatic carbocycles. The van der Waals surface area contributed by atoms with Crippen LogP contribution < -0.4 is 0 Å². The minimum absolute atomic E-state index is 0.00871. The van der Waals surface area contributed by atoms with Crippen molar-refractivity contribution in [2.24, 2.45) is 0 Å². The molecule has 0 radical (unpaired) electrons. The average molecular weight is 494 g/mol. The Hall–Kier alpha value is -1.67. The third kappa shape index (κ3) is 3.65. The molecule has 29 heavy (non-hydrogen) atoms. The zero-order chi connectivity index (χ0) is 21.6. The lowest BCUT2D eigenvalue weighted by Crippen LogP contribution is -2.38. The highest BCUT2D eigenvalue weighted by Gasteiger charge is 2.51. The molecule has 0 aliphatic heterocycles. The van der Waals surface area contributed by atoms with Crippen LogP contribution in [0, 0.1) is 0 Å². The number of aromatic hydroxyl groups is 2. The first kappa shape index (κ1) is 22.0. The predicted octanol–water partition coefficient (Wildman–Crippen LogP) is 5.89. The molecule has 1 unspecified atom stereocenters. The molecule has 0 fully saturated rings. The van der Waals surface area contributed by atoms with E-state index in [-0.39, 0.29) is 37.5 Å². The summed E-state index contributed by atoms with van der Waals surface area (Å²) in [5.41, 5.74) is -0.535. The summed E-state index contributed by atoms with van der Waals surface area (Å²) in [7, 11) is -5.09. The number of phenols is 2. The molecule has 10 heteroatoms. The second kappa shape index (κ2) is 7.87. The van der Waals surface area contributed by atoms with Gasteiger partial charge in [0, 0.05) is 16.1 Å². The van der Waals surface area contributed by atoms with Crippen LogP contribution >= 0.6 is 46.4 Å². The van der Waals surface area contributed by atoms with Crippen molar-refractivity contribution in [2.45, 2.75) is 4.75 Å². The van der Waals surface area contributed by atoms with Gasteiger partial charge >= 0.3 is 0 Å². The van der Waals surface area contributed by atoms with Gasteiger partial charge in [0.05, 0.1) is 15.1 Å². The fourth-order valence-electron chi connectivity index (χ4n) is 3.17. The van der Waals surface area contributed by atoms with E-state index in [1.54, 1.807) is 0 Å². The van der Waals surface area contributed by atoms with E-state index in [1.807, 2.05) is 0 Å². The summed E-state index contributed by atoms with van der Waals surface area (Å²) in [6.45, 7) is 0. The molecule has 0 bridgehead atoms. The van der Waals surface area contributed by atoms with Crippen LogP contribution in [0.15, 0.2) is 54.6 Å². The smallest absolute Gasteiger partial charge is 0.283 e. The molecule has 0 aliphatic carbocycles. The van der Waals surface area contributed by atoms with Crippen LogP contribution in [0.5, 0.6) is 11.5 Å². The molecule has 0 saturated heterocycles. The Morgan fingerprint density at radius 3 is 1.97 bits per heavy atom. The molecule has 0 saturated carbocycles. The minimum Gasteiger partial charge on any atom is -0.508 e. The fraction of sp³-hybridized carbons (Fsp3) is 0.0526. The van der Waals surface area contributed by atoms with Gasteiger partial charge in [-0.1, -0.05) is 64.6 Å². The number of benzene rings is 3. The molecule has 1 atom stereocenters. The molecule has 0 aromatic heterocycles. The average Bonchev–Trinajstić information content (AvgIpc) is 2.65. The van der Waals surface area contributed by atoms with E-state index in [0.29, 0.717) is 5.02 Å². The quantitative estimate of drug-likeness (QED) is 0.182. The van der Waals surface area contributed by atoms with Crippen molar-refractivity contribution in [3.8, 4) is 11.5 Å². The van der Waals surface area contributed by atoms with Gasteiger partial charge in [-0.2, -0.15) is 8.42 Å². The lowest BCUT2D eigenvalue weighted by atomic mass is 9.83. The van der Waals surface area contributed by atoms with E-state index in [0.717, 1.165) is 18.2 Å². The Bertz CT molecular complexity index is 1200. The Balaban J connectivity index is 2.61. The first-order chi connectivity index (χ1) is 13.5. The molecular weight excluding hydrogens is 482 g/mol. The van der Waals surface area contributed by atoms with Crippen molar-refractivity contribution in [2.75, 3.05) is 0 Å². The third-order valence-electron chi connectivity index (χ3n) is 4.41. The maximum atomic E-state index is 12.9. The number of halogens is 4. The standard InChI is InChI=1S/C19H12Cl4O5S/c20-11-3-1-10(2-4-11)19(29(26,27)28,14-9-12(24)5-8-16(14)25)13-6-7-15(21)18(23)17(13)22/h1-9,24-25H,(H,26,27,28). The fourth-order valence-corrected chi connectivity index (χ4v) is 5.35. The highest BCUT2D eigenvalue weighted by molar-refractivity contribution is 7.87. The van der Waals surface area contributed by atoms with Crippen molar-refractivity contribution >= 4 is 56.5 Å². The largest absolute Gasteiger partial charge is 0.508 e. The second-order valence-electron chi connectivity index (χ2n) is 6.09. The number of phenolic OH excluding ortho intramolecular Hbond substituents is 2. The zero-order valence-corrected chi connectivity index (χ0v) is 18.1. The normalized spacial score (nSPS) is 13.8. The minimum atomic E-state index is -5.09. The van der Waals surface area contributed by atoms with Gasteiger partial charge in [-0.05, 0) is 42.0 Å². The van der Waals surface area contributed by atoms with Crippen molar-refractivity contribution in [1.29, 1.82) is 0 Å². The van der Waals surface area contributed by atoms with E-state index in [4.69, 9.17) is 46.4 Å². The highest BCUT2D eigenvalue weighted by atomic mass is 35.5. The Morgan fingerprint density at radius 2 is 1.38 bits per heavy atom. The van der Waals surface area contributed by atoms with Crippen molar-refractivity contribution in [3.05, 3.63) is 91.4 Å². The van der Waals surface area contributed by atoms with Gasteiger partial charge in [0.25, 0.3) is 10.1 Å². The van der Waals surface area contributed by atoms with E-state index in [9.17, 15) is 23.2 Å². The van der Waals surface area contributed by atoms with Gasteiger partial charge in [-0.15, -0.1) is 0 Å². The molecule has 0 heterocycles. The molecule has 5 nitrogen and oxygen atoms in total. The van der Waals surface area contributed by atoms with Crippen molar-refractivity contribution in [1.82, 2.24) is 0 Å². The monoisotopic (exact) mass is 492 g/mol. The first-order valence-electron chi connectivity index (χ1n) is 7.89. The molecular formula is C19H12Cl4O5S. The number of hydrogen-bond donors (Lipinski definition) is 3. The number of rotatable bonds is 4. The van der Waals surface area contributed by atoms with Crippen molar-refractivity contribution < 1.29 is 23.2 Å². The van der Waals surface area contributed by atoms with E-state index >= 15 is 0 Å². The van der Waals surface area contributed by atoms with E-state index < -0.39 is 20.6 Å². The maximum absolute atomic E-state index is 12.9. The van der Waals surface area contributed by atoms with Crippen LogP contribution in [0.2, 0.25) is 20.1 Å². The maximum Gasteiger partial charge on any atom is 0.283 e. The molecule has 0 aliphatic rings. The lowest BCUT2D eigenvalue weighted by Gasteiger charge is -2.34. The van der Waals surface area contributed by atoms with E-state index in [2.05, 4.69) is 0 Å². The molecule has 3 rings (SSSR count). The SMILES string of the molecule is O=S(=O)(O)C(c1ccc(Cl)cc1)(c1cc(O)ccc1O)c1ccc(Cl)c(Cl)c1Cl. The summed E-state index contributed by atoms with van der Waals surface area (Å²) < 4.78 is 33.9.